The highest BCUT2D eigenvalue weighted by Gasteiger charge is 2.22. The molecule has 6 heteroatoms. The second kappa shape index (κ2) is 12.4. The molecule has 0 aromatic heterocycles. The summed E-state index contributed by atoms with van der Waals surface area (Å²) in [5.41, 5.74) is 1.26. The van der Waals surface area contributed by atoms with Crippen molar-refractivity contribution in [3.63, 3.8) is 0 Å². The lowest BCUT2D eigenvalue weighted by Gasteiger charge is -2.24. The van der Waals surface area contributed by atoms with Crippen molar-refractivity contribution in [3.05, 3.63) is 30.3 Å². The number of anilines is 1. The number of hydrogen-bond acceptors (Lipinski definition) is 3. The second-order valence-corrected chi connectivity index (χ2v) is 6.42. The van der Waals surface area contributed by atoms with Gasteiger partial charge in [0.25, 0.3) is 0 Å². The lowest BCUT2D eigenvalue weighted by atomic mass is 10.2. The Bertz CT molecular complexity index is 494. The molecule has 2 N–H and O–H groups in total. The van der Waals surface area contributed by atoms with Gasteiger partial charge in [-0.25, -0.2) is 0 Å². The molecule has 5 nitrogen and oxygen atoms in total. The predicted octanol–water partition coefficient (Wildman–Crippen LogP) is 2.78. The van der Waals surface area contributed by atoms with Crippen molar-refractivity contribution in [1.29, 1.82) is 0 Å². The van der Waals surface area contributed by atoms with Crippen LogP contribution in [0, 0.1) is 0 Å². The van der Waals surface area contributed by atoms with Gasteiger partial charge in [-0.15, -0.1) is 24.0 Å². The van der Waals surface area contributed by atoms with E-state index in [1.807, 2.05) is 7.05 Å². The zero-order valence-corrected chi connectivity index (χ0v) is 18.2. The van der Waals surface area contributed by atoms with Gasteiger partial charge in [-0.1, -0.05) is 25.1 Å². The number of nitrogens with zero attached hydrogens (tertiary/aromatic N) is 3. The molecule has 25 heavy (non-hydrogen) atoms. The van der Waals surface area contributed by atoms with Gasteiger partial charge in [0.1, 0.15) is 0 Å². The number of benzene rings is 1. The van der Waals surface area contributed by atoms with Crippen molar-refractivity contribution < 1.29 is 0 Å². The van der Waals surface area contributed by atoms with Crippen LogP contribution in [0.25, 0.3) is 0 Å². The largest absolute Gasteiger partial charge is 0.375 e. The molecule has 2 rings (SSSR count). The molecule has 0 spiro atoms. The Morgan fingerprint density at radius 2 is 2.04 bits per heavy atom. The summed E-state index contributed by atoms with van der Waals surface area (Å²) in [6, 6.07) is 11.2. The van der Waals surface area contributed by atoms with Crippen LogP contribution in [0.5, 0.6) is 0 Å². The summed E-state index contributed by atoms with van der Waals surface area (Å²) in [6.45, 7) is 7.57. The number of halogens is 1. The third-order valence-corrected chi connectivity index (χ3v) is 4.79. The summed E-state index contributed by atoms with van der Waals surface area (Å²) < 4.78 is 0. The van der Waals surface area contributed by atoms with Gasteiger partial charge in [-0.2, -0.15) is 0 Å². The highest BCUT2D eigenvalue weighted by atomic mass is 127. The zero-order valence-electron chi connectivity index (χ0n) is 15.9. The molecule has 0 aliphatic carbocycles. The lowest BCUT2D eigenvalue weighted by Crippen LogP contribution is -2.45. The Balaban J connectivity index is 0.00000312. The van der Waals surface area contributed by atoms with Crippen LogP contribution in [0.4, 0.5) is 5.69 Å². The summed E-state index contributed by atoms with van der Waals surface area (Å²) in [6.07, 6.45) is 3.69. The molecular weight excluding hydrogens is 425 g/mol. The quantitative estimate of drug-likeness (QED) is 0.272. The number of likely N-dealkylation sites (tertiary alicyclic amines) is 1. The first-order valence-electron chi connectivity index (χ1n) is 9.19. The lowest BCUT2D eigenvalue weighted by molar-refractivity contribution is 0.267. The van der Waals surface area contributed by atoms with Crippen LogP contribution >= 0.6 is 24.0 Å². The van der Waals surface area contributed by atoms with Gasteiger partial charge >= 0.3 is 0 Å². The van der Waals surface area contributed by atoms with Crippen LogP contribution in [0.15, 0.2) is 35.3 Å². The molecule has 0 bridgehead atoms. The molecule has 1 aliphatic heterocycles. The number of para-hydroxylation sites is 1. The Hall–Kier alpha value is -1.02. The average Bonchev–Trinajstić information content (AvgIpc) is 3.09. The van der Waals surface area contributed by atoms with Gasteiger partial charge in [0.15, 0.2) is 5.96 Å². The van der Waals surface area contributed by atoms with Crippen molar-refractivity contribution in [3.8, 4) is 0 Å². The van der Waals surface area contributed by atoms with Gasteiger partial charge in [-0.05, 0) is 44.5 Å². The number of nitrogens with one attached hydrogen (secondary N) is 2. The summed E-state index contributed by atoms with van der Waals surface area (Å²) in [5.74, 6) is 0.917. The fourth-order valence-electron chi connectivity index (χ4n) is 3.31. The molecule has 1 heterocycles. The van der Waals surface area contributed by atoms with Crippen molar-refractivity contribution >= 4 is 35.6 Å². The SMILES string of the molecule is CCN1CCCC1CNC(=NC)NCCCN(C)c1ccccc1.I. The predicted molar refractivity (Wildman–Crippen MR) is 119 cm³/mol. The molecule has 0 radical (unpaired) electrons. The van der Waals surface area contributed by atoms with E-state index in [1.54, 1.807) is 0 Å². The van der Waals surface area contributed by atoms with E-state index in [2.05, 4.69) is 69.7 Å². The molecule has 0 saturated carbocycles. The molecule has 1 aromatic carbocycles. The van der Waals surface area contributed by atoms with Crippen LogP contribution < -0.4 is 15.5 Å². The molecule has 142 valence electrons. The van der Waals surface area contributed by atoms with Gasteiger partial charge < -0.3 is 15.5 Å². The molecule has 1 unspecified atom stereocenters. The van der Waals surface area contributed by atoms with Crippen molar-refractivity contribution in [1.82, 2.24) is 15.5 Å². The Labute approximate surface area is 170 Å². The average molecular weight is 459 g/mol. The minimum absolute atomic E-state index is 0. The van der Waals surface area contributed by atoms with E-state index >= 15 is 0 Å². The monoisotopic (exact) mass is 459 g/mol. The smallest absolute Gasteiger partial charge is 0.191 e. The van der Waals surface area contributed by atoms with E-state index in [0.717, 1.165) is 38.6 Å². The zero-order chi connectivity index (χ0) is 17.2. The maximum absolute atomic E-state index is 4.34. The molecule has 1 fully saturated rings. The molecule has 1 saturated heterocycles. The number of rotatable bonds is 8. The minimum atomic E-state index is 0. The van der Waals surface area contributed by atoms with E-state index in [9.17, 15) is 0 Å². The molecule has 1 aliphatic rings. The van der Waals surface area contributed by atoms with Crippen molar-refractivity contribution in [2.24, 2.45) is 4.99 Å². The summed E-state index contributed by atoms with van der Waals surface area (Å²) in [5, 5.41) is 6.91. The fourth-order valence-corrected chi connectivity index (χ4v) is 3.31. The number of aliphatic imine (C=N–C) groups is 1. The standard InChI is InChI=1S/C19H33N5.HI/c1-4-24-15-8-12-18(24)16-22-19(20-2)21-13-9-14-23(3)17-10-6-5-7-11-17;/h5-7,10-11,18H,4,8-9,12-16H2,1-3H3,(H2,20,21,22);1H. The third-order valence-electron chi connectivity index (χ3n) is 4.79. The highest BCUT2D eigenvalue weighted by molar-refractivity contribution is 14.0. The van der Waals surface area contributed by atoms with Crippen LogP contribution in [0.2, 0.25) is 0 Å². The second-order valence-electron chi connectivity index (χ2n) is 6.42. The summed E-state index contributed by atoms with van der Waals surface area (Å²) in [7, 11) is 3.99. The minimum Gasteiger partial charge on any atom is -0.375 e. The van der Waals surface area contributed by atoms with Gasteiger partial charge in [0, 0.05) is 45.5 Å². The van der Waals surface area contributed by atoms with Crippen LogP contribution in [0.1, 0.15) is 26.2 Å². The molecular formula is C19H34IN5. The van der Waals surface area contributed by atoms with Gasteiger partial charge in [0.2, 0.25) is 0 Å². The summed E-state index contributed by atoms with van der Waals surface area (Å²) >= 11 is 0. The topological polar surface area (TPSA) is 42.9 Å². The van der Waals surface area contributed by atoms with E-state index in [0.29, 0.717) is 6.04 Å². The van der Waals surface area contributed by atoms with Gasteiger partial charge in [0.05, 0.1) is 0 Å². The van der Waals surface area contributed by atoms with Crippen LogP contribution in [-0.4, -0.2) is 63.7 Å². The summed E-state index contributed by atoms with van der Waals surface area (Å²) in [4.78, 5) is 9.17. The molecule has 1 atom stereocenters. The Morgan fingerprint density at radius 1 is 1.28 bits per heavy atom. The molecule has 0 amide bonds. The maximum atomic E-state index is 4.34. The highest BCUT2D eigenvalue weighted by Crippen LogP contribution is 2.15. The third kappa shape index (κ3) is 7.40. The van der Waals surface area contributed by atoms with E-state index in [4.69, 9.17) is 0 Å². The van der Waals surface area contributed by atoms with Crippen molar-refractivity contribution in [2.75, 3.05) is 51.7 Å². The van der Waals surface area contributed by atoms with E-state index in [-0.39, 0.29) is 24.0 Å². The fraction of sp³-hybridized carbons (Fsp3) is 0.632. The Morgan fingerprint density at radius 3 is 2.72 bits per heavy atom. The number of guanidine groups is 1. The van der Waals surface area contributed by atoms with Crippen LogP contribution in [-0.2, 0) is 0 Å². The van der Waals surface area contributed by atoms with Crippen molar-refractivity contribution in [2.45, 2.75) is 32.2 Å². The van der Waals surface area contributed by atoms with E-state index in [1.165, 1.54) is 25.1 Å². The number of hydrogen-bond donors (Lipinski definition) is 2. The first-order chi connectivity index (χ1) is 11.7. The number of likely N-dealkylation sites (N-methyl/N-ethyl adjacent to an activating group) is 1. The maximum Gasteiger partial charge on any atom is 0.191 e. The van der Waals surface area contributed by atoms with E-state index < -0.39 is 0 Å². The normalized spacial score (nSPS) is 17.9. The molecule has 1 aromatic rings. The van der Waals surface area contributed by atoms with Crippen LogP contribution in [0.3, 0.4) is 0 Å². The first-order valence-corrected chi connectivity index (χ1v) is 9.19. The van der Waals surface area contributed by atoms with Gasteiger partial charge in [-0.3, -0.25) is 9.89 Å². The Kier molecular flexibility index (Phi) is 10.9. The first kappa shape index (κ1) is 22.0.